The van der Waals surface area contributed by atoms with Gasteiger partial charge < -0.3 is 0 Å². The Bertz CT molecular complexity index is 1140. The smallest absolute Gasteiger partial charge is 0.0199 e. The highest BCUT2D eigenvalue weighted by Crippen LogP contribution is 2.46. The topological polar surface area (TPSA) is 0 Å². The first-order chi connectivity index (χ1) is 35.6. The van der Waals surface area contributed by atoms with E-state index < -0.39 is 0 Å². The van der Waals surface area contributed by atoms with Crippen LogP contribution in [0.3, 0.4) is 0 Å². The van der Waals surface area contributed by atoms with Gasteiger partial charge in [0.2, 0.25) is 0 Å². The fourth-order valence-electron chi connectivity index (χ4n) is 13.6. The second-order valence-electron chi connectivity index (χ2n) is 24.8. The van der Waals surface area contributed by atoms with Crippen LogP contribution in [0.2, 0.25) is 0 Å². The number of rotatable bonds is 51. The monoisotopic (exact) mass is 1000 g/mol. The highest BCUT2D eigenvalue weighted by atomic mass is 14.4. The molecule has 0 aromatic heterocycles. The summed E-state index contributed by atoms with van der Waals surface area (Å²) in [5.41, 5.74) is 0. The molecule has 0 spiro atoms. The summed E-state index contributed by atoms with van der Waals surface area (Å²) < 4.78 is 0. The predicted molar refractivity (Wildman–Crippen MR) is 332 cm³/mol. The first-order valence-electron chi connectivity index (χ1n) is 34.6. The second-order valence-corrected chi connectivity index (χ2v) is 24.8. The average Bonchev–Trinajstić information content (AvgIpc) is 3.39. The molecule has 8 unspecified atom stereocenters. The zero-order valence-corrected chi connectivity index (χ0v) is 51.4. The fourth-order valence-corrected chi connectivity index (χ4v) is 13.6. The molecular weight excluding hydrogens is 865 g/mol. The lowest BCUT2D eigenvalue weighted by Gasteiger charge is -2.41. The van der Waals surface area contributed by atoms with E-state index in [4.69, 9.17) is 0 Å². The number of unbranched alkanes of at least 4 members (excludes halogenated alkanes) is 34. The molecule has 0 heteroatoms. The van der Waals surface area contributed by atoms with E-state index in [1.807, 2.05) is 0 Å². The molecule has 8 atom stereocenters. The average molecular weight is 1000 g/mol. The summed E-state index contributed by atoms with van der Waals surface area (Å²) in [4.78, 5) is 0. The van der Waals surface area contributed by atoms with E-state index in [-0.39, 0.29) is 0 Å². The van der Waals surface area contributed by atoms with Crippen LogP contribution in [-0.2, 0) is 0 Å². The molecule has 0 aromatic carbocycles. The molecule has 2 rings (SSSR count). The third-order valence-electron chi connectivity index (χ3n) is 18.3. The molecule has 2 aliphatic carbocycles. The Morgan fingerprint density at radius 3 is 0.708 bits per heavy atom. The van der Waals surface area contributed by atoms with Gasteiger partial charge in [-0.25, -0.2) is 0 Å². The van der Waals surface area contributed by atoms with E-state index in [9.17, 15) is 0 Å². The highest BCUT2D eigenvalue weighted by Gasteiger charge is 2.36. The molecule has 0 aliphatic heterocycles. The lowest BCUT2D eigenvalue weighted by atomic mass is 9.64. The third kappa shape index (κ3) is 37.1. The van der Waals surface area contributed by atoms with Gasteiger partial charge in [0.05, 0.1) is 0 Å². The van der Waals surface area contributed by atoms with Crippen LogP contribution in [0.1, 0.15) is 376 Å². The van der Waals surface area contributed by atoms with Crippen LogP contribution in [-0.4, -0.2) is 0 Å². The molecule has 72 heavy (non-hydrogen) atoms. The molecule has 2 aliphatic rings. The molecule has 0 N–H and O–H groups in total. The molecule has 426 valence electrons. The summed E-state index contributed by atoms with van der Waals surface area (Å²) in [6.45, 7) is 18.7. The maximum atomic E-state index is 2.75. The van der Waals surface area contributed by atoms with E-state index in [2.05, 4.69) is 91.8 Å². The summed E-state index contributed by atoms with van der Waals surface area (Å²) in [6.07, 6.45) is 87.8. The van der Waals surface area contributed by atoms with Gasteiger partial charge in [-0.3, -0.25) is 0 Å². The molecule has 0 saturated heterocycles. The minimum Gasteiger partial charge on any atom is -0.0885 e. The van der Waals surface area contributed by atoms with Crippen LogP contribution >= 0.6 is 0 Å². The van der Waals surface area contributed by atoms with E-state index in [1.54, 1.807) is 0 Å². The lowest BCUT2D eigenvalue weighted by molar-refractivity contribution is 0.145. The molecule has 0 aromatic rings. The Balaban J connectivity index is 0.000000720. The molecule has 0 saturated carbocycles. The number of hydrogen-bond donors (Lipinski definition) is 0. The van der Waals surface area contributed by atoms with Crippen LogP contribution in [0.5, 0.6) is 0 Å². The Morgan fingerprint density at radius 1 is 0.208 bits per heavy atom. The van der Waals surface area contributed by atoms with Crippen molar-refractivity contribution in [2.45, 2.75) is 376 Å². The van der Waals surface area contributed by atoms with E-state index in [1.165, 1.54) is 321 Å². The summed E-state index contributed by atoms with van der Waals surface area (Å²) in [7, 11) is 0. The largest absolute Gasteiger partial charge is 0.0885 e. The van der Waals surface area contributed by atoms with E-state index in [0.29, 0.717) is 0 Å². The molecule has 0 amide bonds. The zero-order valence-electron chi connectivity index (χ0n) is 51.4. The molecule has 0 fully saturated rings. The Kier molecular flexibility index (Phi) is 51.6. The van der Waals surface area contributed by atoms with Gasteiger partial charge in [-0.1, -0.05) is 349 Å². The summed E-state index contributed by atoms with van der Waals surface area (Å²) in [5, 5.41) is 0. The highest BCUT2D eigenvalue weighted by molar-refractivity contribution is 5.07. The van der Waals surface area contributed by atoms with Crippen molar-refractivity contribution in [3.63, 3.8) is 0 Å². The first-order valence-corrected chi connectivity index (χ1v) is 34.6. The van der Waals surface area contributed by atoms with Crippen molar-refractivity contribution in [3.05, 3.63) is 36.5 Å². The SMILES string of the molecule is CCCCCC=CCC1C(CCCCCC)C=CC(CCCCCCCC)C1CCCCCCCC.CCCCCCCCC1C=CC(CCCCCC)C(CCCCCCCC)C1CCCCCCCC. The quantitative estimate of drug-likeness (QED) is 0.0421. The molecule has 0 heterocycles. The molecule has 0 bridgehead atoms. The van der Waals surface area contributed by atoms with Gasteiger partial charge >= 0.3 is 0 Å². The molecule has 0 radical (unpaired) electrons. The zero-order chi connectivity index (χ0) is 52.2. The van der Waals surface area contributed by atoms with E-state index in [0.717, 1.165) is 47.3 Å². The van der Waals surface area contributed by atoms with Crippen molar-refractivity contribution < 1.29 is 0 Å². The minimum atomic E-state index is 0.827. The van der Waals surface area contributed by atoms with Gasteiger partial charge in [-0.05, 0) is 112 Å². The van der Waals surface area contributed by atoms with E-state index >= 15 is 0 Å². The maximum absolute atomic E-state index is 2.75. The fraction of sp³-hybridized carbons (Fsp3) is 0.917. The van der Waals surface area contributed by atoms with Crippen LogP contribution in [0.25, 0.3) is 0 Å². The van der Waals surface area contributed by atoms with Gasteiger partial charge in [-0.15, -0.1) is 0 Å². The van der Waals surface area contributed by atoms with Gasteiger partial charge in [0.25, 0.3) is 0 Å². The van der Waals surface area contributed by atoms with Crippen molar-refractivity contribution >= 4 is 0 Å². The lowest BCUT2D eigenvalue weighted by Crippen LogP contribution is -2.32. The van der Waals surface area contributed by atoms with Gasteiger partial charge in [0, 0.05) is 0 Å². The van der Waals surface area contributed by atoms with Gasteiger partial charge in [0.1, 0.15) is 0 Å². The van der Waals surface area contributed by atoms with Crippen LogP contribution in [0, 0.1) is 47.3 Å². The Morgan fingerprint density at radius 2 is 0.417 bits per heavy atom. The third-order valence-corrected chi connectivity index (χ3v) is 18.3. The molecule has 0 nitrogen and oxygen atoms in total. The minimum absolute atomic E-state index is 0.827. The standard InChI is InChI=1S/C36H70.C36H68/c2*1-5-9-13-17-20-24-28-34-32-31-33(27-23-16-12-8-4)35(29-25-21-18-14-10-6-2)36(34)30-26-22-19-15-11-7-3/h31-36H,5-30H2,1-4H3;21,25,31-36H,5-20,22-24,26-30H2,1-4H3. The van der Waals surface area contributed by atoms with Crippen molar-refractivity contribution in [1.29, 1.82) is 0 Å². The van der Waals surface area contributed by atoms with Crippen molar-refractivity contribution in [2.24, 2.45) is 47.3 Å². The van der Waals surface area contributed by atoms with Crippen molar-refractivity contribution in [1.82, 2.24) is 0 Å². The summed E-state index contributed by atoms with van der Waals surface area (Å²) in [6, 6.07) is 0. The normalized spacial score (nSPS) is 22.0. The second kappa shape index (κ2) is 53.6. The molecular formula is C72H138. The van der Waals surface area contributed by atoms with Crippen molar-refractivity contribution in [2.75, 3.05) is 0 Å². The van der Waals surface area contributed by atoms with Crippen LogP contribution in [0.15, 0.2) is 36.5 Å². The Labute approximate surface area is 458 Å². The van der Waals surface area contributed by atoms with Crippen LogP contribution < -0.4 is 0 Å². The summed E-state index contributed by atoms with van der Waals surface area (Å²) >= 11 is 0. The number of hydrogen-bond acceptors (Lipinski definition) is 0. The number of allylic oxidation sites excluding steroid dienone is 6. The summed E-state index contributed by atoms with van der Waals surface area (Å²) in [5.74, 6) is 7.19. The van der Waals surface area contributed by atoms with Crippen molar-refractivity contribution in [3.8, 4) is 0 Å². The Hall–Kier alpha value is -0.780. The van der Waals surface area contributed by atoms with Crippen LogP contribution in [0.4, 0.5) is 0 Å². The van der Waals surface area contributed by atoms with Gasteiger partial charge in [0.15, 0.2) is 0 Å². The first kappa shape index (κ1) is 69.2. The van der Waals surface area contributed by atoms with Gasteiger partial charge in [-0.2, -0.15) is 0 Å². The predicted octanol–water partition coefficient (Wildman–Crippen LogP) is 26.3. The maximum Gasteiger partial charge on any atom is -0.0199 e.